The first-order valence-corrected chi connectivity index (χ1v) is 11.8. The number of carbonyl (C=O) groups is 1. The molecule has 0 saturated carbocycles. The average molecular weight is 456 g/mol. The normalized spacial score (nSPS) is 16.1. The van der Waals surface area contributed by atoms with Crippen LogP contribution in [0.5, 0.6) is 11.5 Å². The van der Waals surface area contributed by atoms with E-state index in [1.807, 2.05) is 43.3 Å². The number of anilines is 1. The van der Waals surface area contributed by atoms with Crippen LogP contribution in [0, 0.1) is 6.92 Å². The summed E-state index contributed by atoms with van der Waals surface area (Å²) >= 11 is 0. The van der Waals surface area contributed by atoms with Gasteiger partial charge in [-0.05, 0) is 73.9 Å². The lowest BCUT2D eigenvalue weighted by molar-refractivity contribution is 0.0872. The number of ether oxygens (including phenoxy) is 2. The second-order valence-electron chi connectivity index (χ2n) is 8.69. The minimum absolute atomic E-state index is 0.0747. The van der Waals surface area contributed by atoms with Crippen LogP contribution in [-0.4, -0.2) is 35.5 Å². The number of hydrogen-bond acceptors (Lipinski definition) is 6. The number of Topliss-reactive ketones (excluding diaryl/α,β-unsaturated/α-hetero) is 1. The molecule has 0 unspecified atom stereocenters. The molecule has 3 heterocycles. The maximum atomic E-state index is 13.3. The van der Waals surface area contributed by atoms with Crippen LogP contribution in [-0.2, 0) is 13.1 Å². The van der Waals surface area contributed by atoms with Crippen molar-refractivity contribution in [2.24, 2.45) is 0 Å². The number of aryl methyl sites for hydroxylation is 1. The lowest BCUT2D eigenvalue weighted by atomic mass is 9.98. The fourth-order valence-electron chi connectivity index (χ4n) is 4.65. The van der Waals surface area contributed by atoms with Gasteiger partial charge in [0.1, 0.15) is 18.2 Å². The van der Waals surface area contributed by atoms with Gasteiger partial charge in [-0.3, -0.25) is 14.7 Å². The summed E-state index contributed by atoms with van der Waals surface area (Å²) in [6, 6.07) is 14.2. The molecule has 2 aliphatic heterocycles. The van der Waals surface area contributed by atoms with Crippen molar-refractivity contribution in [3.63, 3.8) is 0 Å². The molecule has 1 aromatic heterocycles. The van der Waals surface area contributed by atoms with E-state index in [-0.39, 0.29) is 5.78 Å². The van der Waals surface area contributed by atoms with Crippen LogP contribution in [0.1, 0.15) is 46.5 Å². The summed E-state index contributed by atoms with van der Waals surface area (Å²) in [5.41, 5.74) is 5.71. The third-order valence-electron chi connectivity index (χ3n) is 6.46. The van der Waals surface area contributed by atoms with E-state index in [2.05, 4.69) is 40.8 Å². The summed E-state index contributed by atoms with van der Waals surface area (Å²) in [4.78, 5) is 21.9. The number of pyridine rings is 1. The number of carbonyl (C=O) groups excluding carboxylic acids is 1. The maximum absolute atomic E-state index is 13.3. The molecular weight excluding hydrogens is 426 g/mol. The van der Waals surface area contributed by atoms with Crippen molar-refractivity contribution < 1.29 is 14.3 Å². The Balaban J connectivity index is 1.41. The molecule has 6 nitrogen and oxygen atoms in total. The van der Waals surface area contributed by atoms with Crippen molar-refractivity contribution in [1.29, 1.82) is 0 Å². The van der Waals surface area contributed by atoms with Gasteiger partial charge in [-0.2, -0.15) is 0 Å². The average Bonchev–Trinajstić information content (AvgIpc) is 3.19. The standard InChI is InChI=1S/C28H29N3O3/c1-4-31(5-2)22-8-6-20(7-9-22)15-25-27(32)26-19(3)14-24-23(28(26)34-25)17-30(18-33-24)16-21-10-12-29-13-11-21/h6-15H,4-5,16-18H2,1-3H3/b25-15-. The molecule has 34 heavy (non-hydrogen) atoms. The predicted molar refractivity (Wildman–Crippen MR) is 133 cm³/mol. The number of fused-ring (bicyclic) bond motifs is 3. The minimum atomic E-state index is -0.0747. The lowest BCUT2D eigenvalue weighted by Crippen LogP contribution is -2.31. The van der Waals surface area contributed by atoms with Crippen molar-refractivity contribution >= 4 is 17.5 Å². The number of allylic oxidation sites excluding steroid dienone is 1. The first-order valence-electron chi connectivity index (χ1n) is 11.8. The monoisotopic (exact) mass is 455 g/mol. The van der Waals surface area contributed by atoms with Crippen molar-refractivity contribution in [3.8, 4) is 11.5 Å². The minimum Gasteiger partial charge on any atom is -0.478 e. The van der Waals surface area contributed by atoms with E-state index in [1.54, 1.807) is 12.4 Å². The number of rotatable bonds is 6. The number of benzene rings is 2. The predicted octanol–water partition coefficient (Wildman–Crippen LogP) is 5.20. The quantitative estimate of drug-likeness (QED) is 0.476. The molecule has 0 aliphatic carbocycles. The summed E-state index contributed by atoms with van der Waals surface area (Å²) in [5, 5.41) is 0. The van der Waals surface area contributed by atoms with E-state index < -0.39 is 0 Å². The van der Waals surface area contributed by atoms with Crippen LogP contribution in [0.4, 0.5) is 5.69 Å². The van der Waals surface area contributed by atoms with E-state index in [4.69, 9.17) is 9.47 Å². The van der Waals surface area contributed by atoms with E-state index in [0.29, 0.717) is 30.3 Å². The van der Waals surface area contributed by atoms with Crippen molar-refractivity contribution in [1.82, 2.24) is 9.88 Å². The van der Waals surface area contributed by atoms with Gasteiger partial charge in [0.2, 0.25) is 5.78 Å². The van der Waals surface area contributed by atoms with Gasteiger partial charge in [-0.1, -0.05) is 12.1 Å². The Kier molecular flexibility index (Phi) is 6.07. The molecule has 0 radical (unpaired) electrons. The molecule has 0 atom stereocenters. The van der Waals surface area contributed by atoms with Crippen molar-refractivity contribution in [3.05, 3.63) is 88.4 Å². The molecule has 2 aromatic carbocycles. The van der Waals surface area contributed by atoms with Crippen LogP contribution < -0.4 is 14.4 Å². The Morgan fingerprint density at radius 2 is 1.82 bits per heavy atom. The van der Waals surface area contributed by atoms with E-state index >= 15 is 0 Å². The van der Waals surface area contributed by atoms with Gasteiger partial charge < -0.3 is 14.4 Å². The molecular formula is C28H29N3O3. The molecule has 0 N–H and O–H groups in total. The van der Waals surface area contributed by atoms with Gasteiger partial charge in [0.15, 0.2) is 5.76 Å². The fraction of sp³-hybridized carbons (Fsp3) is 0.286. The van der Waals surface area contributed by atoms with E-state index in [0.717, 1.165) is 47.6 Å². The smallest absolute Gasteiger partial charge is 0.232 e. The zero-order valence-corrected chi connectivity index (χ0v) is 19.9. The maximum Gasteiger partial charge on any atom is 0.232 e. The highest BCUT2D eigenvalue weighted by Crippen LogP contribution is 2.44. The molecule has 0 amide bonds. The number of hydrogen-bond donors (Lipinski definition) is 0. The summed E-state index contributed by atoms with van der Waals surface area (Å²) in [6.07, 6.45) is 5.42. The Morgan fingerprint density at radius 3 is 2.53 bits per heavy atom. The number of aromatic nitrogens is 1. The second-order valence-corrected chi connectivity index (χ2v) is 8.69. The highest BCUT2D eigenvalue weighted by molar-refractivity contribution is 6.15. The van der Waals surface area contributed by atoms with Crippen LogP contribution in [0.15, 0.2) is 60.6 Å². The van der Waals surface area contributed by atoms with Gasteiger partial charge in [0.05, 0.1) is 11.1 Å². The second kappa shape index (κ2) is 9.31. The molecule has 0 saturated heterocycles. The Hall–Kier alpha value is -3.64. The third kappa shape index (κ3) is 4.17. The Labute approximate surface area is 200 Å². The van der Waals surface area contributed by atoms with Crippen molar-refractivity contribution in [2.75, 3.05) is 24.7 Å². The first kappa shape index (κ1) is 22.2. The molecule has 5 rings (SSSR count). The molecule has 3 aromatic rings. The summed E-state index contributed by atoms with van der Waals surface area (Å²) < 4.78 is 12.3. The summed E-state index contributed by atoms with van der Waals surface area (Å²) in [5.74, 6) is 1.70. The highest BCUT2D eigenvalue weighted by atomic mass is 16.5. The van der Waals surface area contributed by atoms with Crippen LogP contribution in [0.3, 0.4) is 0 Å². The van der Waals surface area contributed by atoms with Crippen molar-refractivity contribution in [2.45, 2.75) is 33.9 Å². The molecule has 2 aliphatic rings. The molecule has 0 spiro atoms. The molecule has 0 fully saturated rings. The number of nitrogens with zero attached hydrogens (tertiary/aromatic N) is 3. The highest BCUT2D eigenvalue weighted by Gasteiger charge is 2.35. The first-order chi connectivity index (χ1) is 16.6. The molecule has 174 valence electrons. The van der Waals surface area contributed by atoms with E-state index in [9.17, 15) is 4.79 Å². The van der Waals surface area contributed by atoms with Gasteiger partial charge in [-0.15, -0.1) is 0 Å². The van der Waals surface area contributed by atoms with Gasteiger partial charge in [0.25, 0.3) is 0 Å². The largest absolute Gasteiger partial charge is 0.478 e. The summed E-state index contributed by atoms with van der Waals surface area (Å²) in [6.45, 7) is 10.0. The lowest BCUT2D eigenvalue weighted by Gasteiger charge is -2.30. The zero-order chi connectivity index (χ0) is 23.7. The molecule has 6 heteroatoms. The van der Waals surface area contributed by atoms with E-state index in [1.165, 1.54) is 5.69 Å². The third-order valence-corrected chi connectivity index (χ3v) is 6.46. The van der Waals surface area contributed by atoms with Crippen LogP contribution in [0.2, 0.25) is 0 Å². The molecule has 0 bridgehead atoms. The summed E-state index contributed by atoms with van der Waals surface area (Å²) in [7, 11) is 0. The van der Waals surface area contributed by atoms with Gasteiger partial charge >= 0.3 is 0 Å². The van der Waals surface area contributed by atoms with Gasteiger partial charge in [0, 0.05) is 44.3 Å². The Bertz CT molecular complexity index is 1230. The fourth-order valence-corrected chi connectivity index (χ4v) is 4.65. The SMILES string of the molecule is CCN(CC)c1ccc(/C=C2\Oc3c4c(cc(C)c3C2=O)OCN(Cc2ccncc2)C4)cc1. The van der Waals surface area contributed by atoms with Crippen LogP contribution in [0.25, 0.3) is 6.08 Å². The Morgan fingerprint density at radius 1 is 1.09 bits per heavy atom. The number of ketones is 1. The van der Waals surface area contributed by atoms with Crippen LogP contribution >= 0.6 is 0 Å². The zero-order valence-electron chi connectivity index (χ0n) is 19.9. The van der Waals surface area contributed by atoms with Gasteiger partial charge in [-0.25, -0.2) is 0 Å². The topological polar surface area (TPSA) is 54.9 Å².